The van der Waals surface area contributed by atoms with Crippen LogP contribution in [0.3, 0.4) is 0 Å². The maximum absolute atomic E-state index is 13.7. The number of carbonyl (C=O) groups excluding carboxylic acids is 3. The highest BCUT2D eigenvalue weighted by molar-refractivity contribution is 5.92. The van der Waals surface area contributed by atoms with Crippen LogP contribution in [0.1, 0.15) is 104 Å². The molecule has 0 bridgehead atoms. The molecule has 0 aromatic heterocycles. The fraction of sp³-hybridized carbons (Fsp3) is 0.679. The van der Waals surface area contributed by atoms with Gasteiger partial charge in [0.15, 0.2) is 0 Å². The van der Waals surface area contributed by atoms with Crippen LogP contribution < -0.4 is 10.6 Å². The van der Waals surface area contributed by atoms with E-state index in [0.717, 1.165) is 32.1 Å². The molecule has 0 fully saturated rings. The Morgan fingerprint density at radius 2 is 1.69 bits per heavy atom. The third kappa shape index (κ3) is 10.1. The van der Waals surface area contributed by atoms with Crippen LogP contribution >= 0.6 is 0 Å². The van der Waals surface area contributed by atoms with Crippen molar-refractivity contribution in [1.29, 1.82) is 0 Å². The van der Waals surface area contributed by atoms with Gasteiger partial charge in [-0.3, -0.25) is 9.59 Å². The van der Waals surface area contributed by atoms with Crippen LogP contribution in [0.4, 0.5) is 4.79 Å². The molecule has 1 rings (SSSR count). The number of carbonyl (C=O) groups is 3. The van der Waals surface area contributed by atoms with Gasteiger partial charge in [-0.1, -0.05) is 57.7 Å². The molecule has 0 spiro atoms. The van der Waals surface area contributed by atoms with Crippen LogP contribution in [0.5, 0.6) is 5.75 Å². The highest BCUT2D eigenvalue weighted by Crippen LogP contribution is 2.32. The Morgan fingerprint density at radius 3 is 2.28 bits per heavy atom. The van der Waals surface area contributed by atoms with Gasteiger partial charge in [0, 0.05) is 18.2 Å². The van der Waals surface area contributed by atoms with Crippen LogP contribution in [0.15, 0.2) is 18.2 Å². The monoisotopic (exact) mass is 505 g/mol. The minimum Gasteiger partial charge on any atom is -0.507 e. The Bertz CT molecular complexity index is 865. The molecule has 3 N–H and O–H groups in total. The first-order chi connectivity index (χ1) is 16.8. The number of benzene rings is 1. The van der Waals surface area contributed by atoms with Crippen molar-refractivity contribution in [2.24, 2.45) is 0 Å². The zero-order valence-corrected chi connectivity index (χ0v) is 23.4. The van der Waals surface area contributed by atoms with E-state index in [0.29, 0.717) is 24.1 Å². The number of para-hydroxylation sites is 1. The Hall–Kier alpha value is -2.77. The number of nitrogens with zero attached hydrogens (tertiary/aromatic N) is 1. The molecular formula is C28H47N3O5. The molecule has 0 saturated heterocycles. The summed E-state index contributed by atoms with van der Waals surface area (Å²) >= 11 is 0. The molecule has 3 atom stereocenters. The summed E-state index contributed by atoms with van der Waals surface area (Å²) in [5.74, 6) is -0.786. The summed E-state index contributed by atoms with van der Waals surface area (Å²) in [6.07, 6.45) is 4.62. The molecule has 0 radical (unpaired) electrons. The topological polar surface area (TPSA) is 108 Å². The Morgan fingerprint density at radius 1 is 1.03 bits per heavy atom. The van der Waals surface area contributed by atoms with Crippen molar-refractivity contribution >= 4 is 17.9 Å². The molecule has 1 aromatic carbocycles. The van der Waals surface area contributed by atoms with Crippen molar-refractivity contribution in [3.8, 4) is 5.75 Å². The zero-order chi connectivity index (χ0) is 27.5. The number of aryl methyl sites for hydroxylation is 1. The predicted molar refractivity (Wildman–Crippen MR) is 143 cm³/mol. The lowest BCUT2D eigenvalue weighted by Gasteiger charge is -2.34. The lowest BCUT2D eigenvalue weighted by Crippen LogP contribution is -2.52. The number of hydrogen-bond acceptors (Lipinski definition) is 5. The molecule has 36 heavy (non-hydrogen) atoms. The third-order valence-electron chi connectivity index (χ3n) is 5.87. The lowest BCUT2D eigenvalue weighted by molar-refractivity contribution is -0.142. The first-order valence-corrected chi connectivity index (χ1v) is 13.2. The van der Waals surface area contributed by atoms with Crippen molar-refractivity contribution in [3.63, 3.8) is 0 Å². The summed E-state index contributed by atoms with van der Waals surface area (Å²) in [5.41, 5.74) is 0.271. The summed E-state index contributed by atoms with van der Waals surface area (Å²) in [6.45, 7) is 15.0. The van der Waals surface area contributed by atoms with Gasteiger partial charge in [-0.2, -0.15) is 0 Å². The molecule has 0 aliphatic heterocycles. The number of alkyl carbamates (subject to hydrolysis) is 1. The smallest absolute Gasteiger partial charge is 0.408 e. The number of aromatic hydroxyl groups is 1. The van der Waals surface area contributed by atoms with Gasteiger partial charge in [0.25, 0.3) is 0 Å². The van der Waals surface area contributed by atoms with Crippen LogP contribution in [0.25, 0.3) is 0 Å². The number of rotatable bonds is 13. The number of amides is 3. The summed E-state index contributed by atoms with van der Waals surface area (Å²) in [4.78, 5) is 41.2. The quantitative estimate of drug-likeness (QED) is 0.312. The summed E-state index contributed by atoms with van der Waals surface area (Å²) < 4.78 is 5.32. The van der Waals surface area contributed by atoms with Crippen molar-refractivity contribution in [2.75, 3.05) is 6.54 Å². The molecule has 0 aliphatic carbocycles. The maximum Gasteiger partial charge on any atom is 0.408 e. The van der Waals surface area contributed by atoms with Crippen molar-refractivity contribution in [2.45, 2.75) is 118 Å². The second-order valence-corrected chi connectivity index (χ2v) is 10.6. The van der Waals surface area contributed by atoms with E-state index in [9.17, 15) is 19.5 Å². The van der Waals surface area contributed by atoms with E-state index >= 15 is 0 Å². The van der Waals surface area contributed by atoms with Gasteiger partial charge in [0.05, 0.1) is 0 Å². The number of hydrogen-bond donors (Lipinski definition) is 3. The Labute approximate surface area is 217 Å². The number of phenolic OH excluding ortho intramolecular Hbond substituents is 1. The molecule has 0 aliphatic rings. The largest absolute Gasteiger partial charge is 0.507 e. The van der Waals surface area contributed by atoms with Gasteiger partial charge < -0.3 is 25.4 Å². The summed E-state index contributed by atoms with van der Waals surface area (Å²) in [6, 6.07) is 3.14. The number of unbranched alkanes of at least 4 members (excludes halogenated alkanes) is 3. The van der Waals surface area contributed by atoms with Gasteiger partial charge in [-0.15, -0.1) is 0 Å². The number of nitrogens with one attached hydrogen (secondary N) is 2. The molecule has 3 amide bonds. The summed E-state index contributed by atoms with van der Waals surface area (Å²) in [7, 11) is 0. The minimum absolute atomic E-state index is 0.0140. The normalized spacial score (nSPS) is 13.9. The van der Waals surface area contributed by atoms with Crippen LogP contribution in [0.2, 0.25) is 0 Å². The van der Waals surface area contributed by atoms with Gasteiger partial charge in [-0.25, -0.2) is 4.79 Å². The fourth-order valence-corrected chi connectivity index (χ4v) is 4.05. The molecule has 8 nitrogen and oxygen atoms in total. The van der Waals surface area contributed by atoms with E-state index in [4.69, 9.17) is 4.74 Å². The SMILES string of the molecule is CCCCCCN(C(=O)C(C)NC(=O)OC(C)(C)C)C(C(=O)NC(C)CCC)c1cccc(C)c1O. The fourth-order valence-electron chi connectivity index (χ4n) is 4.05. The molecule has 0 heterocycles. The Kier molecular flexibility index (Phi) is 12.8. The average molecular weight is 506 g/mol. The first kappa shape index (κ1) is 31.3. The molecular weight excluding hydrogens is 458 g/mol. The van der Waals surface area contributed by atoms with Crippen LogP contribution in [-0.2, 0) is 14.3 Å². The molecule has 204 valence electrons. The third-order valence-corrected chi connectivity index (χ3v) is 5.87. The molecule has 8 heteroatoms. The Balaban J connectivity index is 3.40. The van der Waals surface area contributed by atoms with Crippen molar-refractivity contribution in [3.05, 3.63) is 29.3 Å². The standard InChI is InChI=1S/C28H47N3O5/c1-9-11-12-13-18-31(26(34)21(5)30-27(35)36-28(6,7)8)23(25(33)29-20(4)15-10-2)22-17-14-16-19(3)24(22)32/h14,16-17,20-21,23,32H,9-13,15,18H2,1-8H3,(H,29,33)(H,30,35). The van der Waals surface area contributed by atoms with Crippen LogP contribution in [0, 0.1) is 6.92 Å². The van der Waals surface area contributed by atoms with E-state index in [-0.39, 0.29) is 17.7 Å². The second kappa shape index (κ2) is 14.7. The number of ether oxygens (including phenoxy) is 1. The van der Waals surface area contributed by atoms with Crippen LogP contribution in [-0.4, -0.2) is 52.1 Å². The van der Waals surface area contributed by atoms with Crippen molar-refractivity contribution < 1.29 is 24.2 Å². The molecule has 3 unspecified atom stereocenters. The van der Waals surface area contributed by atoms with E-state index in [1.54, 1.807) is 52.8 Å². The highest BCUT2D eigenvalue weighted by Gasteiger charge is 2.36. The van der Waals surface area contributed by atoms with E-state index in [1.807, 2.05) is 13.8 Å². The molecule has 0 saturated carbocycles. The van der Waals surface area contributed by atoms with Crippen molar-refractivity contribution in [1.82, 2.24) is 15.5 Å². The van der Waals surface area contributed by atoms with Gasteiger partial charge in [-0.05, 0) is 59.9 Å². The van der Waals surface area contributed by atoms with E-state index in [1.165, 1.54) is 4.90 Å². The lowest BCUT2D eigenvalue weighted by atomic mass is 9.98. The zero-order valence-electron chi connectivity index (χ0n) is 23.4. The summed E-state index contributed by atoms with van der Waals surface area (Å²) in [5, 5.41) is 16.5. The maximum atomic E-state index is 13.7. The van der Waals surface area contributed by atoms with Gasteiger partial charge in [0.1, 0.15) is 23.4 Å². The second-order valence-electron chi connectivity index (χ2n) is 10.6. The van der Waals surface area contributed by atoms with Gasteiger partial charge >= 0.3 is 6.09 Å². The minimum atomic E-state index is -1.04. The van der Waals surface area contributed by atoms with E-state index in [2.05, 4.69) is 17.6 Å². The highest BCUT2D eigenvalue weighted by atomic mass is 16.6. The average Bonchev–Trinajstić information content (AvgIpc) is 2.76. The predicted octanol–water partition coefficient (Wildman–Crippen LogP) is 5.37. The first-order valence-electron chi connectivity index (χ1n) is 13.2. The number of phenols is 1. The molecule has 1 aromatic rings. The van der Waals surface area contributed by atoms with E-state index < -0.39 is 29.7 Å². The van der Waals surface area contributed by atoms with Gasteiger partial charge in [0.2, 0.25) is 11.8 Å².